The van der Waals surface area contributed by atoms with Crippen LogP contribution < -0.4 is 10.5 Å². The van der Waals surface area contributed by atoms with Gasteiger partial charge in [0.25, 0.3) is 0 Å². The molecule has 0 amide bonds. The molecule has 7 nitrogen and oxygen atoms in total. The number of aromatic nitrogens is 2. The Morgan fingerprint density at radius 1 is 1.48 bits per heavy atom. The summed E-state index contributed by atoms with van der Waals surface area (Å²) in [5, 5.41) is 3.84. The Hall–Kier alpha value is -1.64. The Balaban J connectivity index is 2.28. The molecule has 0 bridgehead atoms. The van der Waals surface area contributed by atoms with Crippen LogP contribution in [0.5, 0.6) is 0 Å². The van der Waals surface area contributed by atoms with E-state index < -0.39 is 16.1 Å². The number of hydrogen-bond acceptors (Lipinski definition) is 5. The van der Waals surface area contributed by atoms with Gasteiger partial charge in [0, 0.05) is 37.1 Å². The van der Waals surface area contributed by atoms with Crippen molar-refractivity contribution in [2.24, 2.45) is 12.8 Å². The zero-order chi connectivity index (χ0) is 15.8. The summed E-state index contributed by atoms with van der Waals surface area (Å²) < 4.78 is 34.3. The summed E-state index contributed by atoms with van der Waals surface area (Å²) in [6.07, 6.45) is 1.55. The van der Waals surface area contributed by atoms with E-state index in [0.717, 1.165) is 11.3 Å². The van der Waals surface area contributed by atoms with Crippen molar-refractivity contribution >= 4 is 10.0 Å². The maximum Gasteiger partial charge on any atom is 0.242 e. The van der Waals surface area contributed by atoms with Crippen LogP contribution in [0, 0.1) is 13.8 Å². The summed E-state index contributed by atoms with van der Waals surface area (Å²) in [6.45, 7) is 5.59. The van der Waals surface area contributed by atoms with Gasteiger partial charge in [-0.3, -0.25) is 0 Å². The van der Waals surface area contributed by atoms with Crippen molar-refractivity contribution < 1.29 is 12.9 Å². The van der Waals surface area contributed by atoms with Crippen molar-refractivity contribution in [2.75, 3.05) is 0 Å². The molecule has 8 heteroatoms. The molecule has 0 aliphatic carbocycles. The highest BCUT2D eigenvalue weighted by atomic mass is 32.2. The first-order chi connectivity index (χ1) is 9.76. The Kier molecular flexibility index (Phi) is 4.22. The number of rotatable bonds is 5. The average Bonchev–Trinajstić information content (AvgIpc) is 2.92. The van der Waals surface area contributed by atoms with Gasteiger partial charge in [-0.2, -0.15) is 0 Å². The Morgan fingerprint density at radius 3 is 2.62 bits per heavy atom. The summed E-state index contributed by atoms with van der Waals surface area (Å²) in [7, 11) is -1.86. The van der Waals surface area contributed by atoms with Crippen molar-refractivity contribution in [3.05, 3.63) is 35.0 Å². The van der Waals surface area contributed by atoms with Gasteiger partial charge in [0.1, 0.15) is 5.76 Å². The Labute approximate surface area is 124 Å². The van der Waals surface area contributed by atoms with E-state index in [1.165, 1.54) is 0 Å². The Morgan fingerprint density at radius 2 is 2.14 bits per heavy atom. The van der Waals surface area contributed by atoms with E-state index in [-0.39, 0.29) is 11.4 Å². The van der Waals surface area contributed by atoms with E-state index in [1.54, 1.807) is 44.6 Å². The fraction of sp³-hybridized carbons (Fsp3) is 0.462. The molecule has 0 aliphatic heterocycles. The highest BCUT2D eigenvalue weighted by molar-refractivity contribution is 7.89. The molecule has 0 spiro atoms. The third-order valence-electron chi connectivity index (χ3n) is 3.46. The zero-order valence-corrected chi connectivity index (χ0v) is 13.4. The molecule has 1 unspecified atom stereocenters. The van der Waals surface area contributed by atoms with Crippen molar-refractivity contribution in [1.29, 1.82) is 0 Å². The molecule has 116 valence electrons. The third-order valence-corrected chi connectivity index (χ3v) is 4.96. The lowest BCUT2D eigenvalue weighted by atomic mass is 10.1. The number of aryl methyl sites for hydroxylation is 3. The number of nitrogens with two attached hydrogens (primary N) is 1. The van der Waals surface area contributed by atoms with E-state index in [4.69, 9.17) is 10.3 Å². The number of nitrogens with one attached hydrogen (secondary N) is 1. The number of hydrogen-bond donors (Lipinski definition) is 2. The van der Waals surface area contributed by atoms with Gasteiger partial charge in [0.2, 0.25) is 10.0 Å². The van der Waals surface area contributed by atoms with Crippen molar-refractivity contribution in [3.63, 3.8) is 0 Å². The van der Waals surface area contributed by atoms with Crippen molar-refractivity contribution in [2.45, 2.75) is 38.3 Å². The molecule has 0 aromatic carbocycles. The van der Waals surface area contributed by atoms with Gasteiger partial charge in [-0.1, -0.05) is 5.16 Å². The van der Waals surface area contributed by atoms with Crippen molar-refractivity contribution in [3.8, 4) is 0 Å². The molecule has 0 fully saturated rings. The molecular weight excluding hydrogens is 292 g/mol. The smallest absolute Gasteiger partial charge is 0.242 e. The van der Waals surface area contributed by atoms with Crippen molar-refractivity contribution in [1.82, 2.24) is 14.4 Å². The predicted molar refractivity (Wildman–Crippen MR) is 78.0 cm³/mol. The summed E-state index contributed by atoms with van der Waals surface area (Å²) >= 11 is 0. The zero-order valence-electron chi connectivity index (χ0n) is 12.5. The minimum absolute atomic E-state index is 0.198. The maximum absolute atomic E-state index is 12.4. The van der Waals surface area contributed by atoms with E-state index in [0.29, 0.717) is 11.5 Å². The maximum atomic E-state index is 12.4. The minimum Gasteiger partial charge on any atom is -0.361 e. The average molecular weight is 312 g/mol. The fourth-order valence-corrected chi connectivity index (χ4v) is 3.70. The lowest BCUT2D eigenvalue weighted by molar-refractivity contribution is 0.391. The van der Waals surface area contributed by atoms with Crippen LogP contribution in [0.2, 0.25) is 0 Å². The lowest BCUT2D eigenvalue weighted by Crippen LogP contribution is -2.27. The van der Waals surface area contributed by atoms with E-state index in [1.807, 2.05) is 0 Å². The van der Waals surface area contributed by atoms with E-state index in [9.17, 15) is 8.42 Å². The highest BCUT2D eigenvalue weighted by Gasteiger charge is 2.24. The molecule has 0 saturated heterocycles. The molecule has 0 radical (unpaired) electrons. The number of nitrogens with zero attached hydrogens (tertiary/aromatic N) is 2. The summed E-state index contributed by atoms with van der Waals surface area (Å²) in [6, 6.07) is 1.14. The Bertz CT molecular complexity index is 726. The largest absolute Gasteiger partial charge is 0.361 e. The van der Waals surface area contributed by atoms with Gasteiger partial charge >= 0.3 is 0 Å². The van der Waals surface area contributed by atoms with Gasteiger partial charge in [-0.15, -0.1) is 0 Å². The van der Waals surface area contributed by atoms with Crippen LogP contribution in [0.4, 0.5) is 0 Å². The van der Waals surface area contributed by atoms with Gasteiger partial charge in [0.05, 0.1) is 10.6 Å². The minimum atomic E-state index is -3.63. The number of sulfonamides is 1. The first kappa shape index (κ1) is 15.7. The van der Waals surface area contributed by atoms with Crippen LogP contribution in [-0.4, -0.2) is 18.1 Å². The van der Waals surface area contributed by atoms with Gasteiger partial charge < -0.3 is 14.8 Å². The van der Waals surface area contributed by atoms with E-state index in [2.05, 4.69) is 9.88 Å². The highest BCUT2D eigenvalue weighted by Crippen LogP contribution is 2.23. The van der Waals surface area contributed by atoms with Crippen LogP contribution in [0.3, 0.4) is 0 Å². The predicted octanol–water partition coefficient (Wildman–Crippen LogP) is 1.13. The molecule has 0 saturated carbocycles. The SMILES string of the molecule is Cc1noc(C)c1C(C)NS(=O)(=O)c1cc(CN)n(C)c1. The molecule has 1 atom stereocenters. The van der Waals surface area contributed by atoms with Crippen LogP contribution in [0.25, 0.3) is 0 Å². The third kappa shape index (κ3) is 3.02. The summed E-state index contributed by atoms with van der Waals surface area (Å²) in [5.74, 6) is 0.610. The molecule has 0 aliphatic rings. The fourth-order valence-electron chi connectivity index (χ4n) is 2.39. The van der Waals surface area contributed by atoms with E-state index >= 15 is 0 Å². The second kappa shape index (κ2) is 5.63. The normalized spacial score (nSPS) is 13.6. The summed E-state index contributed by atoms with van der Waals surface area (Å²) in [4.78, 5) is 0.198. The lowest BCUT2D eigenvalue weighted by Gasteiger charge is -2.13. The quantitative estimate of drug-likeness (QED) is 0.861. The second-order valence-corrected chi connectivity index (χ2v) is 6.78. The molecule has 2 rings (SSSR count). The van der Waals surface area contributed by atoms with Crippen LogP contribution in [0.1, 0.15) is 35.7 Å². The first-order valence-electron chi connectivity index (χ1n) is 6.56. The van der Waals surface area contributed by atoms with Crippen LogP contribution >= 0.6 is 0 Å². The van der Waals surface area contributed by atoms with Gasteiger partial charge in [0.15, 0.2) is 0 Å². The molecular formula is C13H20N4O3S. The van der Waals surface area contributed by atoms with Crippen LogP contribution in [0.15, 0.2) is 21.7 Å². The van der Waals surface area contributed by atoms with Gasteiger partial charge in [-0.25, -0.2) is 13.1 Å². The molecule has 2 aromatic heterocycles. The van der Waals surface area contributed by atoms with Crippen LogP contribution in [-0.2, 0) is 23.6 Å². The molecule has 2 heterocycles. The molecule has 2 aromatic rings. The topological polar surface area (TPSA) is 103 Å². The van der Waals surface area contributed by atoms with Gasteiger partial charge in [-0.05, 0) is 26.8 Å². The first-order valence-corrected chi connectivity index (χ1v) is 8.05. The second-order valence-electron chi connectivity index (χ2n) is 5.06. The monoisotopic (exact) mass is 312 g/mol. The molecule has 21 heavy (non-hydrogen) atoms. The molecule has 3 N–H and O–H groups in total. The standard InChI is InChI=1S/C13H20N4O3S/c1-8-13(10(3)20-15-8)9(2)16-21(18,19)12-5-11(6-14)17(4)7-12/h5,7,9,16H,6,14H2,1-4H3. The summed E-state index contributed by atoms with van der Waals surface area (Å²) in [5.41, 5.74) is 7.76.